The molecule has 0 bridgehead atoms. The second kappa shape index (κ2) is 12.5. The Bertz CT molecular complexity index is 1340. The highest BCUT2D eigenvalue weighted by molar-refractivity contribution is 5.89. The molecule has 5 rings (SSSR count). The minimum Gasteiger partial charge on any atom is -0.480 e. The Balaban J connectivity index is 1.13. The Morgan fingerprint density at radius 2 is 1.51 bits per heavy atom. The highest BCUT2D eigenvalue weighted by Gasteiger charge is 2.44. The van der Waals surface area contributed by atoms with E-state index in [4.69, 9.17) is 9.47 Å². The van der Waals surface area contributed by atoms with E-state index in [1.54, 1.807) is 0 Å². The fourth-order valence-electron chi connectivity index (χ4n) is 5.75. The van der Waals surface area contributed by atoms with Crippen LogP contribution >= 0.6 is 0 Å². The van der Waals surface area contributed by atoms with Crippen LogP contribution in [0.5, 0.6) is 0 Å². The zero-order chi connectivity index (χ0) is 28.8. The monoisotopic (exact) mass is 557 g/mol. The van der Waals surface area contributed by atoms with Gasteiger partial charge in [-0.25, -0.2) is 9.59 Å². The number of benzene rings is 3. The van der Waals surface area contributed by atoms with Gasteiger partial charge in [-0.15, -0.1) is 0 Å². The van der Waals surface area contributed by atoms with Gasteiger partial charge in [0.2, 0.25) is 0 Å². The second-order valence-electron chi connectivity index (χ2n) is 10.6. The molecule has 3 aromatic rings. The molecule has 0 aromatic heterocycles. The molecular formula is C32H35N3O6. The third-order valence-corrected chi connectivity index (χ3v) is 8.08. The molecule has 3 N–H and O–H groups in total. The highest BCUT2D eigenvalue weighted by atomic mass is 16.5. The smallest absolute Gasteiger partial charge is 0.407 e. The summed E-state index contributed by atoms with van der Waals surface area (Å²) in [5.41, 5.74) is 4.22. The Morgan fingerprint density at radius 3 is 2.10 bits per heavy atom. The molecule has 1 fully saturated rings. The third kappa shape index (κ3) is 6.26. The van der Waals surface area contributed by atoms with Crippen LogP contribution in [0.2, 0.25) is 0 Å². The number of alkyl carbamates (subject to hydrolysis) is 1. The quantitative estimate of drug-likeness (QED) is 0.347. The predicted octanol–water partition coefficient (Wildman–Crippen LogP) is 3.78. The molecule has 1 aliphatic carbocycles. The number of amides is 2. The maximum Gasteiger partial charge on any atom is 0.407 e. The molecule has 3 aromatic carbocycles. The van der Waals surface area contributed by atoms with E-state index >= 15 is 0 Å². The van der Waals surface area contributed by atoms with Gasteiger partial charge in [-0.2, -0.15) is 0 Å². The van der Waals surface area contributed by atoms with Crippen molar-refractivity contribution < 1.29 is 29.0 Å². The zero-order valence-electron chi connectivity index (χ0n) is 23.0. The molecule has 1 heterocycles. The van der Waals surface area contributed by atoms with Gasteiger partial charge in [0, 0.05) is 32.7 Å². The fraction of sp³-hybridized carbons (Fsp3) is 0.344. The van der Waals surface area contributed by atoms with E-state index in [0.717, 1.165) is 34.4 Å². The van der Waals surface area contributed by atoms with Crippen LogP contribution in [0.3, 0.4) is 0 Å². The average molecular weight is 558 g/mol. The van der Waals surface area contributed by atoms with Crippen molar-refractivity contribution in [2.24, 2.45) is 0 Å². The van der Waals surface area contributed by atoms with Gasteiger partial charge in [0.05, 0.1) is 6.54 Å². The standard InChI is InChI=1S/C32H35N3O6/c1-40-28(29(36)34-32(30(37)38)15-17-35(18-16-32)20-22-9-3-2-4-10-22)19-33-31(39)41-21-27-25-13-7-5-11-23(25)24-12-6-8-14-26(24)27/h2-14,27-28H,15-21H2,1H3,(H,33,39)(H,34,36)(H,37,38). The Kier molecular flexibility index (Phi) is 8.66. The lowest BCUT2D eigenvalue weighted by molar-refractivity contribution is -0.152. The number of aliphatic carboxylic acids is 1. The molecule has 41 heavy (non-hydrogen) atoms. The summed E-state index contributed by atoms with van der Waals surface area (Å²) >= 11 is 0. The lowest BCUT2D eigenvalue weighted by Crippen LogP contribution is -2.62. The maximum atomic E-state index is 13.1. The summed E-state index contributed by atoms with van der Waals surface area (Å²) in [4.78, 5) is 40.1. The molecule has 1 aliphatic heterocycles. The largest absolute Gasteiger partial charge is 0.480 e. The molecule has 214 valence electrons. The number of hydrogen-bond acceptors (Lipinski definition) is 6. The summed E-state index contributed by atoms with van der Waals surface area (Å²) in [7, 11) is 1.35. The summed E-state index contributed by atoms with van der Waals surface area (Å²) in [6.45, 7) is 1.75. The normalized spacial score (nSPS) is 16.7. The number of nitrogens with zero attached hydrogens (tertiary/aromatic N) is 1. The van der Waals surface area contributed by atoms with E-state index in [-0.39, 0.29) is 31.9 Å². The molecule has 0 saturated carbocycles. The maximum absolute atomic E-state index is 13.1. The van der Waals surface area contributed by atoms with Gasteiger partial charge in [0.25, 0.3) is 5.91 Å². The molecular weight excluding hydrogens is 522 g/mol. The molecule has 1 saturated heterocycles. The van der Waals surface area contributed by atoms with Crippen LogP contribution in [0.15, 0.2) is 78.9 Å². The first-order valence-electron chi connectivity index (χ1n) is 13.8. The number of rotatable bonds is 10. The first kappa shape index (κ1) is 28.3. The van der Waals surface area contributed by atoms with E-state index in [1.165, 1.54) is 7.11 Å². The third-order valence-electron chi connectivity index (χ3n) is 8.08. The van der Waals surface area contributed by atoms with Crippen LogP contribution in [0.4, 0.5) is 4.79 Å². The predicted molar refractivity (Wildman–Crippen MR) is 153 cm³/mol. The van der Waals surface area contributed by atoms with Crippen molar-refractivity contribution in [2.45, 2.75) is 36.9 Å². The number of carboxylic acid groups (broad SMARTS) is 1. The second-order valence-corrected chi connectivity index (χ2v) is 10.6. The summed E-state index contributed by atoms with van der Waals surface area (Å²) in [5, 5.41) is 15.3. The van der Waals surface area contributed by atoms with Crippen LogP contribution < -0.4 is 10.6 Å². The van der Waals surface area contributed by atoms with Gasteiger partial charge in [-0.1, -0.05) is 78.9 Å². The molecule has 0 radical (unpaired) electrons. The van der Waals surface area contributed by atoms with Crippen molar-refractivity contribution in [1.29, 1.82) is 0 Å². The van der Waals surface area contributed by atoms with Crippen molar-refractivity contribution in [3.63, 3.8) is 0 Å². The lowest BCUT2D eigenvalue weighted by Gasteiger charge is -2.39. The van der Waals surface area contributed by atoms with Gasteiger partial charge in [0.15, 0.2) is 6.10 Å². The summed E-state index contributed by atoms with van der Waals surface area (Å²) < 4.78 is 10.9. The molecule has 2 aliphatic rings. The van der Waals surface area contributed by atoms with Crippen molar-refractivity contribution in [1.82, 2.24) is 15.5 Å². The molecule has 2 amide bonds. The number of carbonyl (C=O) groups excluding carboxylic acids is 2. The van der Waals surface area contributed by atoms with Gasteiger partial charge in [-0.3, -0.25) is 9.69 Å². The van der Waals surface area contributed by atoms with Crippen molar-refractivity contribution in [2.75, 3.05) is 33.4 Å². The average Bonchev–Trinajstić information content (AvgIpc) is 3.31. The number of carboxylic acids is 1. The first-order chi connectivity index (χ1) is 19.9. The number of piperidine rings is 1. The highest BCUT2D eigenvalue weighted by Crippen LogP contribution is 2.44. The van der Waals surface area contributed by atoms with E-state index in [2.05, 4.69) is 27.7 Å². The number of carbonyl (C=O) groups is 3. The fourth-order valence-corrected chi connectivity index (χ4v) is 5.75. The number of methoxy groups -OCH3 is 1. The molecule has 9 heteroatoms. The minimum atomic E-state index is -1.40. The van der Waals surface area contributed by atoms with Crippen molar-refractivity contribution >= 4 is 18.0 Å². The first-order valence-corrected chi connectivity index (χ1v) is 13.8. The van der Waals surface area contributed by atoms with Gasteiger partial charge < -0.3 is 25.2 Å². The summed E-state index contributed by atoms with van der Waals surface area (Å²) in [6, 6.07) is 26.1. The summed E-state index contributed by atoms with van der Waals surface area (Å²) in [6.07, 6.45) is -1.23. The van der Waals surface area contributed by atoms with Gasteiger partial charge >= 0.3 is 12.1 Å². The Hall–Kier alpha value is -4.21. The number of hydrogen-bond donors (Lipinski definition) is 3. The molecule has 0 spiro atoms. The molecule has 9 nitrogen and oxygen atoms in total. The van der Waals surface area contributed by atoms with Gasteiger partial charge in [-0.05, 0) is 40.7 Å². The van der Waals surface area contributed by atoms with Crippen LogP contribution in [-0.4, -0.2) is 73.0 Å². The van der Waals surface area contributed by atoms with Crippen LogP contribution in [0, 0.1) is 0 Å². The lowest BCUT2D eigenvalue weighted by atomic mass is 9.87. The van der Waals surface area contributed by atoms with E-state index in [9.17, 15) is 19.5 Å². The minimum absolute atomic E-state index is 0.0853. The van der Waals surface area contributed by atoms with Crippen molar-refractivity contribution in [3.05, 3.63) is 95.6 Å². The van der Waals surface area contributed by atoms with Crippen LogP contribution in [0.25, 0.3) is 11.1 Å². The van der Waals surface area contributed by atoms with Crippen LogP contribution in [-0.2, 0) is 25.6 Å². The van der Waals surface area contributed by atoms with Gasteiger partial charge in [0.1, 0.15) is 12.1 Å². The van der Waals surface area contributed by atoms with Crippen molar-refractivity contribution in [3.8, 4) is 11.1 Å². The Morgan fingerprint density at radius 1 is 0.927 bits per heavy atom. The zero-order valence-corrected chi connectivity index (χ0v) is 23.0. The summed E-state index contributed by atoms with van der Waals surface area (Å²) in [5.74, 6) is -1.76. The van der Waals surface area contributed by atoms with E-state index in [1.807, 2.05) is 66.7 Å². The SMILES string of the molecule is COC(CNC(=O)OCC1c2ccccc2-c2ccccc21)C(=O)NC1(C(=O)O)CCN(Cc2ccccc2)CC1. The molecule has 1 unspecified atom stereocenters. The number of nitrogens with one attached hydrogen (secondary N) is 2. The van der Waals surface area contributed by atoms with E-state index in [0.29, 0.717) is 13.1 Å². The number of fused-ring (bicyclic) bond motifs is 3. The number of ether oxygens (including phenoxy) is 2. The number of likely N-dealkylation sites (tertiary alicyclic amines) is 1. The van der Waals surface area contributed by atoms with Crippen LogP contribution in [0.1, 0.15) is 35.4 Å². The molecule has 1 atom stereocenters. The topological polar surface area (TPSA) is 117 Å². The Labute approximate surface area is 239 Å². The van der Waals surface area contributed by atoms with E-state index < -0.39 is 29.6 Å².